The van der Waals surface area contributed by atoms with Crippen molar-refractivity contribution < 1.29 is 15.0 Å². The van der Waals surface area contributed by atoms with Crippen molar-refractivity contribution in [3.63, 3.8) is 0 Å². The summed E-state index contributed by atoms with van der Waals surface area (Å²) in [5.41, 5.74) is 0.119. The van der Waals surface area contributed by atoms with Crippen molar-refractivity contribution in [2.45, 2.75) is 50.0 Å². The Kier molecular flexibility index (Phi) is 5.08. The van der Waals surface area contributed by atoms with E-state index in [0.717, 1.165) is 17.7 Å². The van der Waals surface area contributed by atoms with Gasteiger partial charge in [-0.25, -0.2) is 15.0 Å². The van der Waals surface area contributed by atoms with Crippen molar-refractivity contribution in [2.24, 2.45) is 11.3 Å². The van der Waals surface area contributed by atoms with E-state index in [1.807, 2.05) is 6.07 Å². The molecule has 0 saturated heterocycles. The van der Waals surface area contributed by atoms with Gasteiger partial charge in [-0.15, -0.1) is 11.3 Å². The van der Waals surface area contributed by atoms with Crippen molar-refractivity contribution in [1.82, 2.24) is 24.8 Å². The van der Waals surface area contributed by atoms with Gasteiger partial charge >= 0.3 is 0 Å². The highest BCUT2D eigenvalue weighted by Gasteiger charge is 2.75. The molecule has 9 nitrogen and oxygen atoms in total. The predicted molar refractivity (Wildman–Crippen MR) is 128 cm³/mol. The number of rotatable bonds is 4. The van der Waals surface area contributed by atoms with Crippen LogP contribution in [0.4, 0.5) is 5.82 Å². The van der Waals surface area contributed by atoms with Crippen molar-refractivity contribution in [2.75, 3.05) is 12.4 Å². The Morgan fingerprint density at radius 2 is 2.12 bits per heavy atom. The molecule has 0 bridgehead atoms. The Bertz CT molecular complexity index is 1360. The van der Waals surface area contributed by atoms with Gasteiger partial charge in [0.15, 0.2) is 17.0 Å². The summed E-state index contributed by atoms with van der Waals surface area (Å²) in [6, 6.07) is 3.43. The van der Waals surface area contributed by atoms with Crippen molar-refractivity contribution in [3.05, 3.63) is 33.5 Å². The van der Waals surface area contributed by atoms with E-state index < -0.39 is 23.7 Å². The van der Waals surface area contributed by atoms with Crippen LogP contribution in [-0.4, -0.2) is 60.9 Å². The zero-order chi connectivity index (χ0) is 23.6. The van der Waals surface area contributed by atoms with Crippen LogP contribution >= 0.6 is 22.9 Å². The van der Waals surface area contributed by atoms with Gasteiger partial charge in [0.25, 0.3) is 0 Å². The lowest BCUT2D eigenvalue weighted by Gasteiger charge is -2.27. The van der Waals surface area contributed by atoms with Crippen molar-refractivity contribution >= 4 is 45.8 Å². The summed E-state index contributed by atoms with van der Waals surface area (Å²) >= 11 is 7.39. The van der Waals surface area contributed by atoms with E-state index in [2.05, 4.69) is 37.4 Å². The number of nitrogens with zero attached hydrogens (tertiary/aromatic N) is 4. The van der Waals surface area contributed by atoms with Gasteiger partial charge in [-0.3, -0.25) is 4.79 Å². The fourth-order valence-electron chi connectivity index (χ4n) is 5.32. The molecule has 34 heavy (non-hydrogen) atoms. The Balaban J connectivity index is 1.43. The number of nitrogens with one attached hydrogen (secondary N) is 2. The zero-order valence-corrected chi connectivity index (χ0v) is 19.9. The molecule has 5 atom stereocenters. The molecular formula is C23H23ClN6O3S. The molecule has 3 saturated carbocycles. The lowest BCUT2D eigenvalue weighted by molar-refractivity contribution is -0.132. The van der Waals surface area contributed by atoms with E-state index in [0.29, 0.717) is 39.6 Å². The van der Waals surface area contributed by atoms with Gasteiger partial charge in [0, 0.05) is 19.0 Å². The summed E-state index contributed by atoms with van der Waals surface area (Å²) in [5.74, 6) is 6.54. The number of aliphatic hydroxyl groups excluding tert-OH is 2. The molecule has 0 aliphatic heterocycles. The number of thiophene rings is 1. The van der Waals surface area contributed by atoms with Crippen LogP contribution in [-0.2, 0) is 4.79 Å². The van der Waals surface area contributed by atoms with Crippen molar-refractivity contribution in [1.29, 1.82) is 0 Å². The molecule has 176 valence electrons. The molecule has 3 aromatic heterocycles. The number of amides is 1. The van der Waals surface area contributed by atoms with Crippen LogP contribution in [0.3, 0.4) is 0 Å². The molecule has 3 aliphatic rings. The first-order chi connectivity index (χ1) is 16.4. The minimum atomic E-state index is -1.16. The molecule has 0 spiro atoms. The van der Waals surface area contributed by atoms with Crippen LogP contribution in [0.2, 0.25) is 4.34 Å². The van der Waals surface area contributed by atoms with Crippen LogP contribution < -0.4 is 10.6 Å². The average molecular weight is 499 g/mol. The molecule has 3 aromatic rings. The topological polar surface area (TPSA) is 125 Å². The minimum absolute atomic E-state index is 0.212. The third kappa shape index (κ3) is 3.22. The number of imidazole rings is 1. The van der Waals surface area contributed by atoms with Gasteiger partial charge in [0.05, 0.1) is 33.1 Å². The van der Waals surface area contributed by atoms with Crippen LogP contribution in [0.1, 0.15) is 42.4 Å². The maximum atomic E-state index is 12.5. The molecule has 3 heterocycles. The number of carbonyl (C=O) groups is 1. The number of carbonyl (C=O) groups excluding carboxylic acids is 1. The molecule has 0 aromatic carbocycles. The third-order valence-electron chi connectivity index (χ3n) is 7.38. The van der Waals surface area contributed by atoms with Crippen LogP contribution in [0, 0.1) is 23.2 Å². The van der Waals surface area contributed by atoms with Gasteiger partial charge in [-0.2, -0.15) is 0 Å². The molecule has 4 N–H and O–H groups in total. The summed E-state index contributed by atoms with van der Waals surface area (Å²) < 4.78 is 2.43. The molecule has 3 aliphatic carbocycles. The Hall–Kier alpha value is -2.71. The number of aromatic nitrogens is 4. The Morgan fingerprint density at radius 3 is 2.79 bits per heavy atom. The van der Waals surface area contributed by atoms with Gasteiger partial charge in [0.2, 0.25) is 11.7 Å². The summed E-state index contributed by atoms with van der Waals surface area (Å²) in [6.07, 6.45) is 3.13. The van der Waals surface area contributed by atoms with Crippen molar-refractivity contribution in [3.8, 4) is 11.8 Å². The minimum Gasteiger partial charge on any atom is -0.389 e. The van der Waals surface area contributed by atoms with Crippen LogP contribution in [0.25, 0.3) is 11.2 Å². The maximum Gasteiger partial charge on any atom is 0.229 e. The molecule has 0 radical (unpaired) electrons. The smallest absolute Gasteiger partial charge is 0.229 e. The molecule has 11 heteroatoms. The first-order valence-electron chi connectivity index (χ1n) is 11.3. The first kappa shape index (κ1) is 21.8. The standard InChI is InChI=1S/C23H23ClN6O3S/c1-25-22(33)23-9-13(23)17(18(31)19(23)32)30-10-26-16-20(27-11-3-2-4-11)28-15(29-21(16)30)8-6-12-5-7-14(24)34-12/h5,7,10-11,13,17-19,31-32H,2-4,9H2,1H3,(H,25,33)(H,27,28,29)/t13?,17-,18+,19+,23?/m1/s1. The highest BCUT2D eigenvalue weighted by Crippen LogP contribution is 2.67. The van der Waals surface area contributed by atoms with Gasteiger partial charge in [0.1, 0.15) is 6.10 Å². The normalized spacial score (nSPS) is 29.8. The van der Waals surface area contributed by atoms with E-state index in [1.54, 1.807) is 24.0 Å². The highest BCUT2D eigenvalue weighted by molar-refractivity contribution is 7.16. The monoisotopic (exact) mass is 498 g/mol. The number of hydrogen-bond acceptors (Lipinski definition) is 8. The second kappa shape index (κ2) is 7.92. The summed E-state index contributed by atoms with van der Waals surface area (Å²) in [6.45, 7) is 0. The van der Waals surface area contributed by atoms with Crippen LogP contribution in [0.5, 0.6) is 0 Å². The van der Waals surface area contributed by atoms with Gasteiger partial charge in [-0.1, -0.05) is 11.6 Å². The number of aliphatic hydroxyl groups is 2. The first-order valence-corrected chi connectivity index (χ1v) is 12.5. The number of fused-ring (bicyclic) bond motifs is 2. The summed E-state index contributed by atoms with van der Waals surface area (Å²) in [5, 5.41) is 27.8. The number of halogens is 1. The lowest BCUT2D eigenvalue weighted by Crippen LogP contribution is -2.41. The van der Waals surface area contributed by atoms with E-state index in [9.17, 15) is 15.0 Å². The predicted octanol–water partition coefficient (Wildman–Crippen LogP) is 1.93. The van der Waals surface area contributed by atoms with Gasteiger partial charge < -0.3 is 25.4 Å². The lowest BCUT2D eigenvalue weighted by atomic mass is 9.93. The Labute approximate surface area is 204 Å². The van der Waals surface area contributed by atoms with E-state index in [-0.39, 0.29) is 11.8 Å². The zero-order valence-electron chi connectivity index (χ0n) is 18.3. The second-order valence-corrected chi connectivity index (χ2v) is 10.9. The van der Waals surface area contributed by atoms with E-state index >= 15 is 0 Å². The maximum absolute atomic E-state index is 12.5. The molecule has 2 unspecified atom stereocenters. The third-order valence-corrected chi connectivity index (χ3v) is 8.53. The fraction of sp³-hybridized carbons (Fsp3) is 0.478. The van der Waals surface area contributed by atoms with E-state index in [1.165, 1.54) is 17.8 Å². The summed E-state index contributed by atoms with van der Waals surface area (Å²) in [4.78, 5) is 27.2. The fourth-order valence-corrected chi connectivity index (χ4v) is 6.22. The SMILES string of the molecule is CNC(=O)C12CC1[C@@H](n1cnc3c(NC4CCC4)nc(C#Cc4ccc(Cl)s4)nc31)[C@H](O)[C@@H]2O. The molecule has 6 rings (SSSR count). The summed E-state index contributed by atoms with van der Waals surface area (Å²) in [7, 11) is 1.54. The second-order valence-electron chi connectivity index (χ2n) is 9.20. The number of anilines is 1. The number of hydrogen-bond donors (Lipinski definition) is 4. The van der Waals surface area contributed by atoms with E-state index in [4.69, 9.17) is 11.6 Å². The Morgan fingerprint density at radius 1 is 1.29 bits per heavy atom. The molecule has 1 amide bonds. The quantitative estimate of drug-likeness (QED) is 0.405. The highest BCUT2D eigenvalue weighted by atomic mass is 35.5. The molecule has 3 fully saturated rings. The largest absolute Gasteiger partial charge is 0.389 e. The average Bonchev–Trinajstić information content (AvgIpc) is 3.05. The molecular weight excluding hydrogens is 476 g/mol. The van der Waals surface area contributed by atoms with Gasteiger partial charge in [-0.05, 0) is 49.7 Å². The van der Waals surface area contributed by atoms with Crippen LogP contribution in [0.15, 0.2) is 18.5 Å².